The molecule has 0 aliphatic heterocycles. The van der Waals surface area contributed by atoms with E-state index in [9.17, 15) is 9.59 Å². The second kappa shape index (κ2) is 7.99. The molecule has 0 heterocycles. The lowest BCUT2D eigenvalue weighted by atomic mass is 10.0. The molecule has 2 aromatic carbocycles. The van der Waals surface area contributed by atoms with E-state index in [2.05, 4.69) is 0 Å². The molecule has 0 saturated carbocycles. The summed E-state index contributed by atoms with van der Waals surface area (Å²) < 4.78 is 15.7. The van der Waals surface area contributed by atoms with Crippen LogP contribution < -0.4 is 4.74 Å². The Labute approximate surface area is 160 Å². The maximum Gasteiger partial charge on any atom is 0.514 e. The number of hydrogen-bond donors (Lipinski definition) is 0. The van der Waals surface area contributed by atoms with Gasteiger partial charge in [0.15, 0.2) is 0 Å². The van der Waals surface area contributed by atoms with Gasteiger partial charge >= 0.3 is 12.1 Å². The fourth-order valence-electron chi connectivity index (χ4n) is 2.50. The normalized spacial score (nSPS) is 11.9. The minimum atomic E-state index is -0.726. The Balaban J connectivity index is 2.02. The molecule has 5 nitrogen and oxygen atoms in total. The molecule has 0 aliphatic rings. The number of carbonyl (C=O) groups excluding carboxylic acids is 2. The first-order valence-electron chi connectivity index (χ1n) is 9.07. The van der Waals surface area contributed by atoms with Gasteiger partial charge in [0.25, 0.3) is 0 Å². The Bertz CT molecular complexity index is 825. The van der Waals surface area contributed by atoms with E-state index in [0.717, 1.165) is 16.3 Å². The predicted molar refractivity (Wildman–Crippen MR) is 105 cm³/mol. The number of ether oxygens (including phenoxy) is 3. The van der Waals surface area contributed by atoms with Crippen LogP contribution in [0.2, 0.25) is 0 Å². The molecular weight excluding hydrogens is 344 g/mol. The van der Waals surface area contributed by atoms with Gasteiger partial charge in [-0.25, -0.2) is 4.79 Å². The van der Waals surface area contributed by atoms with Gasteiger partial charge in [0, 0.05) is 6.42 Å². The third-order valence-corrected chi connectivity index (χ3v) is 3.50. The average molecular weight is 372 g/mol. The van der Waals surface area contributed by atoms with Gasteiger partial charge in [-0.15, -0.1) is 0 Å². The standard InChI is InChI=1S/C22H28O5/c1-21(2,3)26-19(23)12-8-15-7-9-17-14-18(11-10-16(17)13-15)25-20(24)27-22(4,5)6/h7,9-11,13-14H,8,12H2,1-6H3. The first kappa shape index (κ1) is 20.7. The topological polar surface area (TPSA) is 61.8 Å². The van der Waals surface area contributed by atoms with Crippen LogP contribution in [-0.4, -0.2) is 23.3 Å². The highest BCUT2D eigenvalue weighted by Gasteiger charge is 2.18. The van der Waals surface area contributed by atoms with Gasteiger partial charge in [-0.1, -0.05) is 24.3 Å². The molecule has 0 spiro atoms. The molecule has 0 bridgehead atoms. The third-order valence-electron chi connectivity index (χ3n) is 3.50. The molecule has 0 aromatic heterocycles. The lowest BCUT2D eigenvalue weighted by Crippen LogP contribution is -2.25. The van der Waals surface area contributed by atoms with Crippen LogP contribution in [0.5, 0.6) is 5.75 Å². The monoisotopic (exact) mass is 372 g/mol. The molecule has 0 fully saturated rings. The molecule has 0 saturated heterocycles. The van der Waals surface area contributed by atoms with Crippen molar-refractivity contribution in [1.29, 1.82) is 0 Å². The number of hydrogen-bond acceptors (Lipinski definition) is 5. The number of benzene rings is 2. The molecule has 27 heavy (non-hydrogen) atoms. The molecule has 5 heteroatoms. The number of rotatable bonds is 4. The van der Waals surface area contributed by atoms with Crippen molar-refractivity contribution in [1.82, 2.24) is 0 Å². The first-order chi connectivity index (χ1) is 12.4. The van der Waals surface area contributed by atoms with E-state index in [1.807, 2.05) is 45.0 Å². The first-order valence-corrected chi connectivity index (χ1v) is 9.07. The molecule has 0 amide bonds. The largest absolute Gasteiger partial charge is 0.514 e. The Morgan fingerprint density at radius 2 is 1.41 bits per heavy atom. The lowest BCUT2D eigenvalue weighted by molar-refractivity contribution is -0.154. The van der Waals surface area contributed by atoms with E-state index in [-0.39, 0.29) is 5.97 Å². The average Bonchev–Trinajstić information content (AvgIpc) is 2.49. The Morgan fingerprint density at radius 1 is 0.815 bits per heavy atom. The van der Waals surface area contributed by atoms with Crippen LogP contribution in [0.4, 0.5) is 4.79 Å². The van der Waals surface area contributed by atoms with E-state index >= 15 is 0 Å². The molecule has 0 unspecified atom stereocenters. The van der Waals surface area contributed by atoms with Crippen LogP contribution >= 0.6 is 0 Å². The Kier molecular flexibility index (Phi) is 6.14. The molecule has 0 aliphatic carbocycles. The van der Waals surface area contributed by atoms with Gasteiger partial charge in [-0.2, -0.15) is 0 Å². The summed E-state index contributed by atoms with van der Waals surface area (Å²) in [6, 6.07) is 11.3. The summed E-state index contributed by atoms with van der Waals surface area (Å²) in [5.74, 6) is 0.224. The van der Waals surface area contributed by atoms with Gasteiger partial charge in [0.1, 0.15) is 17.0 Å². The number of aryl methyl sites for hydroxylation is 1. The summed E-state index contributed by atoms with van der Waals surface area (Å²) in [5.41, 5.74) is -0.0173. The smallest absolute Gasteiger partial charge is 0.460 e. The van der Waals surface area contributed by atoms with Crippen molar-refractivity contribution in [2.45, 2.75) is 65.6 Å². The Morgan fingerprint density at radius 3 is 2.04 bits per heavy atom. The fraction of sp³-hybridized carbons (Fsp3) is 0.455. The zero-order valence-electron chi connectivity index (χ0n) is 16.9. The van der Waals surface area contributed by atoms with Crippen molar-refractivity contribution < 1.29 is 23.8 Å². The Hall–Kier alpha value is -2.56. The highest BCUT2D eigenvalue weighted by molar-refractivity contribution is 5.85. The van der Waals surface area contributed by atoms with Gasteiger partial charge in [-0.3, -0.25) is 4.79 Å². The van der Waals surface area contributed by atoms with Crippen molar-refractivity contribution >= 4 is 22.9 Å². The van der Waals surface area contributed by atoms with Crippen LogP contribution in [0, 0.1) is 0 Å². The number of esters is 1. The van der Waals surface area contributed by atoms with Gasteiger partial charge in [0.05, 0.1) is 0 Å². The highest BCUT2D eigenvalue weighted by Crippen LogP contribution is 2.24. The van der Waals surface area contributed by atoms with Crippen molar-refractivity contribution in [3.8, 4) is 5.75 Å². The maximum atomic E-state index is 11.9. The van der Waals surface area contributed by atoms with Crippen LogP contribution in [-0.2, 0) is 20.7 Å². The van der Waals surface area contributed by atoms with Gasteiger partial charge in [0.2, 0.25) is 0 Å². The van der Waals surface area contributed by atoms with Crippen LogP contribution in [0.15, 0.2) is 36.4 Å². The lowest BCUT2D eigenvalue weighted by Gasteiger charge is -2.19. The summed E-state index contributed by atoms with van der Waals surface area (Å²) in [4.78, 5) is 23.6. The molecular formula is C22H28O5. The summed E-state index contributed by atoms with van der Waals surface area (Å²) in [5, 5.41) is 1.95. The second-order valence-corrected chi connectivity index (χ2v) is 8.50. The van der Waals surface area contributed by atoms with Crippen LogP contribution in [0.1, 0.15) is 53.5 Å². The van der Waals surface area contributed by atoms with E-state index in [0.29, 0.717) is 18.6 Å². The summed E-state index contributed by atoms with van der Waals surface area (Å²) in [7, 11) is 0. The van der Waals surface area contributed by atoms with Gasteiger partial charge in [-0.05, 0) is 76.4 Å². The highest BCUT2D eigenvalue weighted by atomic mass is 16.7. The van der Waals surface area contributed by atoms with Crippen LogP contribution in [0.25, 0.3) is 10.8 Å². The minimum absolute atomic E-state index is 0.205. The quantitative estimate of drug-likeness (QED) is 0.529. The summed E-state index contributed by atoms with van der Waals surface area (Å²) in [6.45, 7) is 10.9. The maximum absolute atomic E-state index is 11.9. The van der Waals surface area contributed by atoms with E-state index in [4.69, 9.17) is 14.2 Å². The molecule has 2 aromatic rings. The molecule has 0 N–H and O–H groups in total. The van der Waals surface area contributed by atoms with Crippen molar-refractivity contribution in [2.75, 3.05) is 0 Å². The molecule has 2 rings (SSSR count). The predicted octanol–water partition coefficient (Wildman–Crippen LogP) is 5.43. The fourth-order valence-corrected chi connectivity index (χ4v) is 2.50. The van der Waals surface area contributed by atoms with E-state index in [1.54, 1.807) is 32.9 Å². The minimum Gasteiger partial charge on any atom is -0.460 e. The zero-order valence-corrected chi connectivity index (χ0v) is 16.9. The SMILES string of the molecule is CC(C)(C)OC(=O)CCc1ccc2cc(OC(=O)OC(C)(C)C)ccc2c1. The summed E-state index contributed by atoms with van der Waals surface area (Å²) in [6.07, 6.45) is 0.222. The molecule has 0 radical (unpaired) electrons. The number of fused-ring (bicyclic) bond motifs is 1. The third kappa shape index (κ3) is 7.29. The zero-order chi connectivity index (χ0) is 20.2. The van der Waals surface area contributed by atoms with E-state index in [1.165, 1.54) is 0 Å². The molecule has 0 atom stereocenters. The van der Waals surface area contributed by atoms with Gasteiger partial charge < -0.3 is 14.2 Å². The van der Waals surface area contributed by atoms with Crippen molar-refractivity contribution in [2.24, 2.45) is 0 Å². The van der Waals surface area contributed by atoms with E-state index < -0.39 is 17.4 Å². The van der Waals surface area contributed by atoms with Crippen molar-refractivity contribution in [3.05, 3.63) is 42.0 Å². The second-order valence-electron chi connectivity index (χ2n) is 8.50. The van der Waals surface area contributed by atoms with Crippen molar-refractivity contribution in [3.63, 3.8) is 0 Å². The van der Waals surface area contributed by atoms with Crippen LogP contribution in [0.3, 0.4) is 0 Å². The molecule has 146 valence electrons. The summed E-state index contributed by atoms with van der Waals surface area (Å²) >= 11 is 0. The number of carbonyl (C=O) groups is 2.